The molecule has 3 heteroatoms. The molecule has 0 atom stereocenters. The number of aromatic nitrogens is 1. The van der Waals surface area contributed by atoms with Gasteiger partial charge in [-0.2, -0.15) is 0 Å². The third-order valence-corrected chi connectivity index (χ3v) is 4.95. The molecule has 24 heavy (non-hydrogen) atoms. The van der Waals surface area contributed by atoms with Crippen LogP contribution in [0, 0.1) is 11.5 Å². The van der Waals surface area contributed by atoms with Gasteiger partial charge in [-0.1, -0.05) is 50.0 Å². The zero-order valence-electron chi connectivity index (χ0n) is 14.7. The molecule has 0 unspecified atom stereocenters. The molecule has 122 valence electrons. The molecule has 0 radical (unpaired) electrons. The highest BCUT2D eigenvalue weighted by atomic mass is 28.3. The van der Waals surface area contributed by atoms with Gasteiger partial charge in [0.25, 0.3) is 0 Å². The van der Waals surface area contributed by atoms with Crippen molar-refractivity contribution in [1.82, 2.24) is 4.98 Å². The van der Waals surface area contributed by atoms with Gasteiger partial charge in [0.15, 0.2) is 0 Å². The lowest BCUT2D eigenvalue weighted by atomic mass is 9.97. The van der Waals surface area contributed by atoms with Gasteiger partial charge in [0.2, 0.25) is 0 Å². The Morgan fingerprint density at radius 1 is 1.00 bits per heavy atom. The molecule has 0 aliphatic carbocycles. The van der Waals surface area contributed by atoms with Crippen molar-refractivity contribution in [1.29, 1.82) is 0 Å². The molecule has 2 aromatic carbocycles. The summed E-state index contributed by atoms with van der Waals surface area (Å²) in [6.07, 6.45) is 3.06. The number of fused-ring (bicyclic) bond motifs is 3. The molecule has 0 spiro atoms. The van der Waals surface area contributed by atoms with Crippen LogP contribution in [0.5, 0.6) is 0 Å². The Kier molecular flexibility index (Phi) is 4.59. The van der Waals surface area contributed by atoms with Crippen LogP contribution in [0.4, 0.5) is 5.82 Å². The number of aryl methyl sites for hydroxylation is 1. The summed E-state index contributed by atoms with van der Waals surface area (Å²) in [5.74, 6) is 3.94. The van der Waals surface area contributed by atoms with Crippen LogP contribution in [0.25, 0.3) is 21.7 Å². The van der Waals surface area contributed by atoms with Gasteiger partial charge in [-0.25, -0.2) is 4.98 Å². The summed E-state index contributed by atoms with van der Waals surface area (Å²) in [5, 5.41) is 3.61. The van der Waals surface area contributed by atoms with Gasteiger partial charge in [0, 0.05) is 17.2 Å². The summed E-state index contributed by atoms with van der Waals surface area (Å²) in [4.78, 5) is 4.60. The van der Waals surface area contributed by atoms with Gasteiger partial charge in [-0.15, -0.1) is 11.5 Å². The van der Waals surface area contributed by atoms with Crippen LogP contribution in [-0.4, -0.2) is 13.1 Å². The number of anilines is 1. The molecule has 1 aromatic heterocycles. The van der Waals surface area contributed by atoms with E-state index in [0.717, 1.165) is 30.2 Å². The molecule has 3 rings (SSSR count). The Bertz CT molecular complexity index is 943. The summed E-state index contributed by atoms with van der Waals surface area (Å²) < 4.78 is 0. The number of nitrogens with two attached hydrogens (primary N) is 1. The summed E-state index contributed by atoms with van der Waals surface area (Å²) in [6, 6.07) is 14.7. The van der Waals surface area contributed by atoms with E-state index in [-0.39, 0.29) is 0 Å². The van der Waals surface area contributed by atoms with E-state index in [1.165, 1.54) is 16.3 Å². The van der Waals surface area contributed by atoms with Gasteiger partial charge in [-0.05, 0) is 35.9 Å². The van der Waals surface area contributed by atoms with Crippen LogP contribution in [0.1, 0.15) is 18.4 Å². The average Bonchev–Trinajstić information content (AvgIpc) is 2.53. The number of unbranched alkanes of at least 4 members (excludes halogenated alkanes) is 1. The van der Waals surface area contributed by atoms with Gasteiger partial charge in [-0.3, -0.25) is 0 Å². The van der Waals surface area contributed by atoms with Crippen molar-refractivity contribution in [2.45, 2.75) is 38.9 Å². The maximum atomic E-state index is 5.92. The lowest BCUT2D eigenvalue weighted by Gasteiger charge is -2.09. The molecule has 3 aromatic rings. The van der Waals surface area contributed by atoms with E-state index >= 15 is 0 Å². The van der Waals surface area contributed by atoms with E-state index in [0.29, 0.717) is 5.82 Å². The van der Waals surface area contributed by atoms with Crippen molar-refractivity contribution in [2.75, 3.05) is 5.73 Å². The molecular formula is C21H24N2Si. The Hall–Kier alpha value is -2.31. The van der Waals surface area contributed by atoms with Gasteiger partial charge in [0.1, 0.15) is 13.9 Å². The molecule has 0 amide bonds. The molecule has 0 fully saturated rings. The lowest BCUT2D eigenvalue weighted by molar-refractivity contribution is 0.864. The number of hydrogen-bond acceptors (Lipinski definition) is 2. The molecule has 1 heterocycles. The van der Waals surface area contributed by atoms with E-state index in [1.807, 2.05) is 12.1 Å². The predicted octanol–water partition coefficient (Wildman–Crippen LogP) is 5.17. The highest BCUT2D eigenvalue weighted by Gasteiger charge is 2.08. The van der Waals surface area contributed by atoms with Crippen molar-refractivity contribution < 1.29 is 0 Å². The van der Waals surface area contributed by atoms with Crippen LogP contribution < -0.4 is 5.73 Å². The van der Waals surface area contributed by atoms with Crippen LogP contribution >= 0.6 is 0 Å². The first-order chi connectivity index (χ1) is 11.4. The van der Waals surface area contributed by atoms with Gasteiger partial charge in [0.05, 0.1) is 5.52 Å². The maximum absolute atomic E-state index is 5.92. The van der Waals surface area contributed by atoms with E-state index in [9.17, 15) is 0 Å². The van der Waals surface area contributed by atoms with E-state index in [1.54, 1.807) is 0 Å². The van der Waals surface area contributed by atoms with Crippen molar-refractivity contribution in [2.24, 2.45) is 0 Å². The van der Waals surface area contributed by atoms with Gasteiger partial charge >= 0.3 is 0 Å². The first kappa shape index (κ1) is 16.5. The smallest absolute Gasteiger partial charge is 0.129 e. The monoisotopic (exact) mass is 332 g/mol. The topological polar surface area (TPSA) is 38.9 Å². The SMILES string of the molecule is C[Si](C)(C)C#CCCCc1cccc2ccc3ccc(N)nc3c12. The van der Waals surface area contributed by atoms with E-state index in [4.69, 9.17) is 5.73 Å². The summed E-state index contributed by atoms with van der Waals surface area (Å²) in [5.41, 5.74) is 11.7. The van der Waals surface area contributed by atoms with E-state index in [2.05, 4.69) is 66.4 Å². The standard InChI is InChI=1S/C21H24N2Si/c1-24(2,3)15-6-4-5-8-16-9-7-10-17-11-12-18-13-14-19(22)23-21(18)20(16)17/h7,9-14H,4-5,8H2,1-3H3,(H2,22,23). The number of rotatable bonds is 3. The molecule has 0 bridgehead atoms. The van der Waals surface area contributed by atoms with Crippen LogP contribution in [0.15, 0.2) is 42.5 Å². The number of nitrogens with zero attached hydrogens (tertiary/aromatic N) is 1. The average molecular weight is 333 g/mol. The summed E-state index contributed by atoms with van der Waals surface area (Å²) in [7, 11) is -1.26. The van der Waals surface area contributed by atoms with Crippen molar-refractivity contribution in [3.8, 4) is 11.5 Å². The molecule has 2 nitrogen and oxygen atoms in total. The second kappa shape index (κ2) is 6.66. The minimum absolute atomic E-state index is 0.575. The minimum Gasteiger partial charge on any atom is -0.384 e. The molecule has 0 aliphatic rings. The molecule has 2 N–H and O–H groups in total. The zero-order valence-corrected chi connectivity index (χ0v) is 15.7. The van der Waals surface area contributed by atoms with Crippen molar-refractivity contribution in [3.05, 3.63) is 48.0 Å². The lowest BCUT2D eigenvalue weighted by Crippen LogP contribution is -2.16. The van der Waals surface area contributed by atoms with Crippen molar-refractivity contribution in [3.63, 3.8) is 0 Å². The number of benzene rings is 2. The van der Waals surface area contributed by atoms with Gasteiger partial charge < -0.3 is 5.73 Å². The van der Waals surface area contributed by atoms with Crippen LogP contribution in [0.2, 0.25) is 19.6 Å². The quantitative estimate of drug-likeness (QED) is 0.311. The second-order valence-electron chi connectivity index (χ2n) is 7.29. The van der Waals surface area contributed by atoms with E-state index < -0.39 is 8.07 Å². The fraction of sp³-hybridized carbons (Fsp3) is 0.286. The fourth-order valence-corrected chi connectivity index (χ4v) is 3.61. The minimum atomic E-state index is -1.26. The fourth-order valence-electron chi connectivity index (χ4n) is 2.95. The molecular weight excluding hydrogens is 308 g/mol. The Morgan fingerprint density at radius 3 is 2.54 bits per heavy atom. The predicted molar refractivity (Wildman–Crippen MR) is 108 cm³/mol. The largest absolute Gasteiger partial charge is 0.384 e. The third-order valence-electron chi connectivity index (χ3n) is 4.02. The molecule has 0 aliphatic heterocycles. The Balaban J connectivity index is 1.93. The first-order valence-electron chi connectivity index (χ1n) is 8.51. The number of hydrogen-bond donors (Lipinski definition) is 1. The zero-order chi connectivity index (χ0) is 17.2. The summed E-state index contributed by atoms with van der Waals surface area (Å²) >= 11 is 0. The highest BCUT2D eigenvalue weighted by molar-refractivity contribution is 6.83. The maximum Gasteiger partial charge on any atom is 0.129 e. The second-order valence-corrected chi connectivity index (χ2v) is 12.0. The first-order valence-corrected chi connectivity index (χ1v) is 12.0. The Labute approximate surface area is 145 Å². The third kappa shape index (κ3) is 3.77. The molecule has 0 saturated heterocycles. The van der Waals surface area contributed by atoms with Crippen LogP contribution in [-0.2, 0) is 6.42 Å². The highest BCUT2D eigenvalue weighted by Crippen LogP contribution is 2.28. The van der Waals surface area contributed by atoms with Crippen LogP contribution in [0.3, 0.4) is 0 Å². The summed E-state index contributed by atoms with van der Waals surface area (Å²) in [6.45, 7) is 6.85. The normalized spacial score (nSPS) is 11.5. The Morgan fingerprint density at radius 2 is 1.75 bits per heavy atom. The number of nitrogen functional groups attached to an aromatic ring is 1. The number of pyridine rings is 1. The van der Waals surface area contributed by atoms with Crippen molar-refractivity contribution >= 4 is 35.6 Å². The molecule has 0 saturated carbocycles.